The van der Waals surface area contributed by atoms with Crippen LogP contribution >= 0.6 is 0 Å². The lowest BCUT2D eigenvalue weighted by molar-refractivity contribution is 0.484. The van der Waals surface area contributed by atoms with Crippen molar-refractivity contribution in [2.45, 2.75) is 0 Å². The van der Waals surface area contributed by atoms with Crippen LogP contribution in [0.25, 0.3) is 0 Å². The highest BCUT2D eigenvalue weighted by Gasteiger charge is 1.98. The number of guanidine groups is 1. The molecule has 4 nitrogen and oxygen atoms in total. The van der Waals surface area contributed by atoms with Crippen molar-refractivity contribution in [1.29, 1.82) is 0 Å². The van der Waals surface area contributed by atoms with Crippen molar-refractivity contribution in [3.05, 3.63) is 5.21 Å². The number of hydrogen-bond acceptors (Lipinski definition) is 2. The molecule has 0 aromatic carbocycles. The molecule has 0 N–H and O–H groups in total. The van der Waals surface area contributed by atoms with E-state index in [2.05, 4.69) is 5.16 Å². The lowest BCUT2D eigenvalue weighted by Crippen LogP contribution is -2.34. The zero-order valence-electron chi connectivity index (χ0n) is 6.25. The van der Waals surface area contributed by atoms with E-state index in [4.69, 9.17) is 0 Å². The highest BCUT2D eigenvalue weighted by molar-refractivity contribution is 5.79. The van der Waals surface area contributed by atoms with E-state index in [1.54, 1.807) is 38.0 Å². The van der Waals surface area contributed by atoms with Crippen LogP contribution in [0, 0.1) is 5.21 Å². The van der Waals surface area contributed by atoms with Crippen LogP contribution in [0.1, 0.15) is 0 Å². The number of nitrogens with zero attached hydrogens (tertiary/aromatic N) is 3. The maximum absolute atomic E-state index is 10.0. The Hall–Kier alpha value is -0.930. The standard InChI is InChI=1S/C5H13N3O/c1-7(2)5(6-9)8(3)4/h9H,1-4H3/p-1. The third kappa shape index (κ3) is 2.21. The molecule has 0 rings (SSSR count). The van der Waals surface area contributed by atoms with Gasteiger partial charge in [0.1, 0.15) is 0 Å². The smallest absolute Gasteiger partial charge is 0.191 e. The van der Waals surface area contributed by atoms with Crippen LogP contribution in [0.15, 0.2) is 5.16 Å². The van der Waals surface area contributed by atoms with Gasteiger partial charge in [0.25, 0.3) is 0 Å². The molecule has 0 aliphatic rings. The van der Waals surface area contributed by atoms with Gasteiger partial charge in [0.05, 0.1) is 0 Å². The van der Waals surface area contributed by atoms with Crippen LogP contribution in [-0.4, -0.2) is 44.0 Å². The fourth-order valence-electron chi connectivity index (χ4n) is 0.563. The first kappa shape index (κ1) is 8.07. The van der Waals surface area contributed by atoms with Crippen molar-refractivity contribution in [2.24, 2.45) is 5.16 Å². The maximum atomic E-state index is 10.0. The molecule has 0 unspecified atom stereocenters. The Labute approximate surface area is 55.4 Å². The SMILES string of the molecule is CN(C)C(=N[O-])N(C)C. The minimum Gasteiger partial charge on any atom is -0.789 e. The zero-order valence-corrected chi connectivity index (χ0v) is 6.25. The molecule has 0 aliphatic carbocycles. The molecule has 54 valence electrons. The Morgan fingerprint density at radius 3 is 1.44 bits per heavy atom. The summed E-state index contributed by atoms with van der Waals surface area (Å²) in [5.41, 5.74) is 0. The molecule has 0 amide bonds. The van der Waals surface area contributed by atoms with Gasteiger partial charge in [-0.25, -0.2) is 0 Å². The van der Waals surface area contributed by atoms with E-state index in [-0.39, 0.29) is 0 Å². The van der Waals surface area contributed by atoms with Crippen molar-refractivity contribution >= 4 is 5.96 Å². The largest absolute Gasteiger partial charge is 0.789 e. The molecule has 0 bridgehead atoms. The second-order valence-corrected chi connectivity index (χ2v) is 2.18. The predicted molar refractivity (Wildman–Crippen MR) is 38.2 cm³/mol. The summed E-state index contributed by atoms with van der Waals surface area (Å²) in [5, 5.41) is 12.8. The quantitative estimate of drug-likeness (QED) is 0.262. The Morgan fingerprint density at radius 1 is 1.11 bits per heavy atom. The molecule has 0 heterocycles. The highest BCUT2D eigenvalue weighted by atomic mass is 16.4. The summed E-state index contributed by atoms with van der Waals surface area (Å²) in [6, 6.07) is 0. The van der Waals surface area contributed by atoms with E-state index >= 15 is 0 Å². The van der Waals surface area contributed by atoms with Crippen LogP contribution in [0.2, 0.25) is 0 Å². The summed E-state index contributed by atoms with van der Waals surface area (Å²) in [4.78, 5) is 3.32. The van der Waals surface area contributed by atoms with E-state index in [0.717, 1.165) is 0 Å². The van der Waals surface area contributed by atoms with E-state index in [1.165, 1.54) is 0 Å². The van der Waals surface area contributed by atoms with Crippen molar-refractivity contribution in [1.82, 2.24) is 9.80 Å². The topological polar surface area (TPSA) is 41.9 Å². The van der Waals surface area contributed by atoms with Crippen molar-refractivity contribution in [2.75, 3.05) is 28.2 Å². The summed E-state index contributed by atoms with van der Waals surface area (Å²) in [7, 11) is 7.10. The predicted octanol–water partition coefficient (Wildman–Crippen LogP) is -0.0366. The van der Waals surface area contributed by atoms with Gasteiger partial charge < -0.3 is 15.0 Å². The first-order chi connectivity index (χ1) is 4.09. The van der Waals surface area contributed by atoms with Crippen molar-refractivity contribution < 1.29 is 0 Å². The molecule has 0 aromatic heterocycles. The summed E-state index contributed by atoms with van der Waals surface area (Å²) >= 11 is 0. The molecule has 0 spiro atoms. The molecule has 0 fully saturated rings. The van der Waals surface area contributed by atoms with Crippen LogP contribution < -0.4 is 0 Å². The van der Waals surface area contributed by atoms with Gasteiger partial charge in [0.2, 0.25) is 0 Å². The van der Waals surface area contributed by atoms with Gasteiger partial charge in [-0.1, -0.05) is 0 Å². The van der Waals surface area contributed by atoms with E-state index in [0.29, 0.717) is 5.96 Å². The van der Waals surface area contributed by atoms with Gasteiger partial charge in [-0.3, -0.25) is 5.16 Å². The average molecular weight is 130 g/mol. The molecule has 0 saturated heterocycles. The molecule has 0 aromatic rings. The molecule has 4 heteroatoms. The lowest BCUT2D eigenvalue weighted by Gasteiger charge is -2.23. The second-order valence-electron chi connectivity index (χ2n) is 2.18. The van der Waals surface area contributed by atoms with Gasteiger partial charge in [-0.05, 0) is 0 Å². The van der Waals surface area contributed by atoms with Gasteiger partial charge in [0.15, 0.2) is 5.96 Å². The van der Waals surface area contributed by atoms with Crippen molar-refractivity contribution in [3.63, 3.8) is 0 Å². The van der Waals surface area contributed by atoms with E-state index < -0.39 is 0 Å². The van der Waals surface area contributed by atoms with E-state index in [1.807, 2.05) is 0 Å². The Bertz CT molecular complexity index is 98.8. The van der Waals surface area contributed by atoms with Gasteiger partial charge in [-0.2, -0.15) is 0 Å². The lowest BCUT2D eigenvalue weighted by atomic mass is 10.7. The summed E-state index contributed by atoms with van der Waals surface area (Å²) in [5.74, 6) is 0.426. The molecule has 0 aliphatic heterocycles. The molecule has 9 heavy (non-hydrogen) atoms. The third-order valence-electron chi connectivity index (χ3n) is 0.882. The first-order valence-electron chi connectivity index (χ1n) is 2.64. The van der Waals surface area contributed by atoms with Crippen LogP contribution in [0.5, 0.6) is 0 Å². The van der Waals surface area contributed by atoms with Gasteiger partial charge >= 0.3 is 0 Å². The third-order valence-corrected chi connectivity index (χ3v) is 0.882. The summed E-state index contributed by atoms with van der Waals surface area (Å²) in [6.45, 7) is 0. The molecular formula is C5H12N3O-. The monoisotopic (exact) mass is 130 g/mol. The Balaban J connectivity index is 4.01. The first-order valence-corrected chi connectivity index (χ1v) is 2.64. The molecule has 0 radical (unpaired) electrons. The molecule has 0 atom stereocenters. The van der Waals surface area contributed by atoms with E-state index in [9.17, 15) is 5.21 Å². The normalized spacial score (nSPS) is 8.44. The average Bonchev–Trinajstić information content (AvgIpc) is 1.64. The van der Waals surface area contributed by atoms with Crippen LogP contribution in [-0.2, 0) is 0 Å². The van der Waals surface area contributed by atoms with Crippen LogP contribution in [0.3, 0.4) is 0 Å². The summed E-state index contributed by atoms with van der Waals surface area (Å²) in [6.07, 6.45) is 0. The van der Waals surface area contributed by atoms with Crippen molar-refractivity contribution in [3.8, 4) is 0 Å². The second kappa shape index (κ2) is 3.17. The Morgan fingerprint density at radius 2 is 1.44 bits per heavy atom. The van der Waals surface area contributed by atoms with Gasteiger partial charge in [-0.15, -0.1) is 0 Å². The maximum Gasteiger partial charge on any atom is 0.191 e. The fraction of sp³-hybridized carbons (Fsp3) is 0.800. The Kier molecular flexibility index (Phi) is 2.84. The van der Waals surface area contributed by atoms with Crippen LogP contribution in [0.4, 0.5) is 0 Å². The fourth-order valence-corrected chi connectivity index (χ4v) is 0.563. The molecular weight excluding hydrogens is 118 g/mol. The van der Waals surface area contributed by atoms with Gasteiger partial charge in [0, 0.05) is 28.2 Å². The minimum atomic E-state index is 0.426. The zero-order chi connectivity index (χ0) is 7.44. The highest BCUT2D eigenvalue weighted by Crippen LogP contribution is 1.85. The number of rotatable bonds is 0. The molecule has 0 saturated carbocycles. The minimum absolute atomic E-state index is 0.426. The summed E-state index contributed by atoms with van der Waals surface area (Å²) < 4.78 is 0. The number of hydrogen-bond donors (Lipinski definition) is 0.